The average Bonchev–Trinajstić information content (AvgIpc) is 2.92. The van der Waals surface area contributed by atoms with E-state index in [1.54, 1.807) is 0 Å². The van der Waals surface area contributed by atoms with E-state index in [1.807, 2.05) is 6.92 Å². The average molecular weight is 268 g/mol. The highest BCUT2D eigenvalue weighted by molar-refractivity contribution is 4.96. The molecule has 1 aliphatic heterocycles. The van der Waals surface area contributed by atoms with E-state index in [1.165, 1.54) is 0 Å². The van der Waals surface area contributed by atoms with Crippen molar-refractivity contribution in [1.29, 1.82) is 0 Å². The quantitative estimate of drug-likeness (QED) is 0.805. The number of hydrogen-bond acceptors (Lipinski definition) is 6. The van der Waals surface area contributed by atoms with Crippen LogP contribution >= 0.6 is 0 Å². The van der Waals surface area contributed by atoms with Gasteiger partial charge in [-0.3, -0.25) is 4.90 Å². The largest absolute Gasteiger partial charge is 0.372 e. The molecule has 1 saturated heterocycles. The van der Waals surface area contributed by atoms with Crippen LogP contribution in [-0.2, 0) is 11.3 Å². The third-order valence-corrected chi connectivity index (χ3v) is 3.37. The summed E-state index contributed by atoms with van der Waals surface area (Å²) in [6, 6.07) is 0.270. The molecule has 1 aliphatic rings. The SMILES string of the molecule is CCCC(c1noc(COCC)n1)N1CCNCC1. The van der Waals surface area contributed by atoms with E-state index < -0.39 is 0 Å². The van der Waals surface area contributed by atoms with Crippen LogP contribution in [-0.4, -0.2) is 47.8 Å². The lowest BCUT2D eigenvalue weighted by molar-refractivity contribution is 0.109. The van der Waals surface area contributed by atoms with E-state index >= 15 is 0 Å². The van der Waals surface area contributed by atoms with Crippen LogP contribution in [0.3, 0.4) is 0 Å². The minimum Gasteiger partial charge on any atom is -0.372 e. The smallest absolute Gasteiger partial charge is 0.252 e. The maximum Gasteiger partial charge on any atom is 0.252 e. The molecule has 1 atom stereocenters. The number of nitrogens with one attached hydrogen (secondary N) is 1. The molecular formula is C13H24N4O2. The van der Waals surface area contributed by atoms with E-state index in [4.69, 9.17) is 9.26 Å². The fourth-order valence-electron chi connectivity index (χ4n) is 2.39. The van der Waals surface area contributed by atoms with E-state index in [0.29, 0.717) is 19.1 Å². The van der Waals surface area contributed by atoms with Crippen molar-refractivity contribution in [2.45, 2.75) is 39.3 Å². The highest BCUT2D eigenvalue weighted by Gasteiger charge is 2.25. The zero-order valence-corrected chi connectivity index (χ0v) is 11.9. The number of piperazine rings is 1. The van der Waals surface area contributed by atoms with Crippen molar-refractivity contribution in [3.63, 3.8) is 0 Å². The molecule has 0 aliphatic carbocycles. The first-order valence-electron chi connectivity index (χ1n) is 7.20. The highest BCUT2D eigenvalue weighted by Crippen LogP contribution is 2.23. The Hall–Kier alpha value is -0.980. The monoisotopic (exact) mass is 268 g/mol. The highest BCUT2D eigenvalue weighted by atomic mass is 16.5. The minimum atomic E-state index is 0.270. The van der Waals surface area contributed by atoms with Crippen molar-refractivity contribution in [3.8, 4) is 0 Å². The molecular weight excluding hydrogens is 244 g/mol. The molecule has 108 valence electrons. The summed E-state index contributed by atoms with van der Waals surface area (Å²) in [5, 5.41) is 7.51. The lowest BCUT2D eigenvalue weighted by Crippen LogP contribution is -2.45. The van der Waals surface area contributed by atoms with Gasteiger partial charge in [-0.2, -0.15) is 4.98 Å². The molecule has 0 aromatic carbocycles. The van der Waals surface area contributed by atoms with Crippen molar-refractivity contribution in [2.75, 3.05) is 32.8 Å². The maximum absolute atomic E-state index is 5.30. The van der Waals surface area contributed by atoms with Gasteiger partial charge in [-0.15, -0.1) is 0 Å². The van der Waals surface area contributed by atoms with Crippen molar-refractivity contribution in [1.82, 2.24) is 20.4 Å². The summed E-state index contributed by atoms with van der Waals surface area (Å²) in [4.78, 5) is 6.92. The Morgan fingerprint density at radius 3 is 2.84 bits per heavy atom. The van der Waals surface area contributed by atoms with Gasteiger partial charge in [-0.05, 0) is 13.3 Å². The van der Waals surface area contributed by atoms with Crippen LogP contribution in [0.5, 0.6) is 0 Å². The van der Waals surface area contributed by atoms with Gasteiger partial charge in [0.2, 0.25) is 0 Å². The molecule has 6 nitrogen and oxygen atoms in total. The topological polar surface area (TPSA) is 63.4 Å². The number of nitrogens with zero attached hydrogens (tertiary/aromatic N) is 3. The molecule has 1 N–H and O–H groups in total. The Morgan fingerprint density at radius 1 is 1.37 bits per heavy atom. The summed E-state index contributed by atoms with van der Waals surface area (Å²) in [5.74, 6) is 1.38. The second kappa shape index (κ2) is 7.57. The van der Waals surface area contributed by atoms with Gasteiger partial charge in [-0.25, -0.2) is 0 Å². The molecule has 2 heterocycles. The Balaban J connectivity index is 2.02. The molecule has 6 heteroatoms. The lowest BCUT2D eigenvalue weighted by Gasteiger charge is -2.33. The maximum atomic E-state index is 5.30. The molecule has 1 aromatic rings. The number of hydrogen-bond donors (Lipinski definition) is 1. The molecule has 0 radical (unpaired) electrons. The molecule has 1 aromatic heterocycles. The summed E-state index contributed by atoms with van der Waals surface area (Å²) in [6.45, 7) is 9.36. The molecule has 0 spiro atoms. The second-order valence-electron chi connectivity index (χ2n) is 4.77. The predicted octanol–water partition coefficient (Wildman–Crippen LogP) is 1.35. The number of aromatic nitrogens is 2. The van der Waals surface area contributed by atoms with Gasteiger partial charge in [0.25, 0.3) is 5.89 Å². The zero-order valence-electron chi connectivity index (χ0n) is 11.9. The summed E-state index contributed by atoms with van der Waals surface area (Å²) >= 11 is 0. The van der Waals surface area contributed by atoms with Gasteiger partial charge >= 0.3 is 0 Å². The van der Waals surface area contributed by atoms with Gasteiger partial charge in [0, 0.05) is 32.8 Å². The van der Waals surface area contributed by atoms with Crippen LogP contribution in [0.4, 0.5) is 0 Å². The molecule has 19 heavy (non-hydrogen) atoms. The molecule has 0 saturated carbocycles. The Labute approximate surface area is 114 Å². The normalized spacial score (nSPS) is 18.6. The van der Waals surface area contributed by atoms with Crippen LogP contribution in [0.25, 0.3) is 0 Å². The molecule has 2 rings (SSSR count). The Morgan fingerprint density at radius 2 is 2.16 bits per heavy atom. The van der Waals surface area contributed by atoms with Gasteiger partial charge in [0.05, 0.1) is 6.04 Å². The van der Waals surface area contributed by atoms with Gasteiger partial charge in [-0.1, -0.05) is 18.5 Å². The minimum absolute atomic E-state index is 0.270. The molecule has 0 bridgehead atoms. The van der Waals surface area contributed by atoms with E-state index in [9.17, 15) is 0 Å². The molecule has 1 fully saturated rings. The third kappa shape index (κ3) is 3.99. The van der Waals surface area contributed by atoms with Crippen LogP contribution < -0.4 is 5.32 Å². The van der Waals surface area contributed by atoms with Crippen LogP contribution in [0.2, 0.25) is 0 Å². The van der Waals surface area contributed by atoms with E-state index in [0.717, 1.165) is 44.8 Å². The van der Waals surface area contributed by atoms with Crippen molar-refractivity contribution < 1.29 is 9.26 Å². The van der Waals surface area contributed by atoms with Gasteiger partial charge in [0.1, 0.15) is 6.61 Å². The first kappa shape index (κ1) is 14.4. The zero-order chi connectivity index (χ0) is 13.5. The van der Waals surface area contributed by atoms with Gasteiger partial charge in [0.15, 0.2) is 5.82 Å². The summed E-state index contributed by atoms with van der Waals surface area (Å²) < 4.78 is 10.6. The Bertz CT molecular complexity index is 363. The first-order valence-corrected chi connectivity index (χ1v) is 7.20. The van der Waals surface area contributed by atoms with Crippen LogP contribution in [0, 0.1) is 0 Å². The summed E-state index contributed by atoms with van der Waals surface area (Å²) in [7, 11) is 0. The standard InChI is InChI=1S/C13H24N4O2/c1-3-5-11(17-8-6-14-7-9-17)13-15-12(19-16-13)10-18-4-2/h11,14H,3-10H2,1-2H3. The van der Waals surface area contributed by atoms with E-state index in [2.05, 4.69) is 27.3 Å². The fourth-order valence-corrected chi connectivity index (χ4v) is 2.39. The van der Waals surface area contributed by atoms with Crippen LogP contribution in [0.15, 0.2) is 4.52 Å². The second-order valence-corrected chi connectivity index (χ2v) is 4.77. The summed E-state index contributed by atoms with van der Waals surface area (Å²) in [6.07, 6.45) is 2.18. The lowest BCUT2D eigenvalue weighted by atomic mass is 10.1. The first-order chi connectivity index (χ1) is 9.35. The van der Waals surface area contributed by atoms with Crippen LogP contribution in [0.1, 0.15) is 44.4 Å². The Kier molecular flexibility index (Phi) is 5.75. The number of rotatable bonds is 7. The molecule has 0 amide bonds. The number of ether oxygens (including phenoxy) is 1. The van der Waals surface area contributed by atoms with E-state index in [-0.39, 0.29) is 6.04 Å². The van der Waals surface area contributed by atoms with Crippen molar-refractivity contribution in [3.05, 3.63) is 11.7 Å². The predicted molar refractivity (Wildman–Crippen MR) is 71.7 cm³/mol. The fraction of sp³-hybridized carbons (Fsp3) is 0.846. The summed E-state index contributed by atoms with van der Waals surface area (Å²) in [5.41, 5.74) is 0. The van der Waals surface area contributed by atoms with Crippen molar-refractivity contribution in [2.24, 2.45) is 0 Å². The molecule has 1 unspecified atom stereocenters. The van der Waals surface area contributed by atoms with Crippen molar-refractivity contribution >= 4 is 0 Å². The van der Waals surface area contributed by atoms with Gasteiger partial charge < -0.3 is 14.6 Å². The third-order valence-electron chi connectivity index (χ3n) is 3.37.